The van der Waals surface area contributed by atoms with Crippen molar-refractivity contribution < 1.29 is 5.11 Å². The molecular formula is C17H28N2O. The molecule has 2 N–H and O–H groups in total. The number of nitrogens with zero attached hydrogens (tertiary/aromatic N) is 1. The number of aryl methyl sites for hydroxylation is 1. The van der Waals surface area contributed by atoms with Crippen LogP contribution in [0.2, 0.25) is 0 Å². The highest BCUT2D eigenvalue weighted by Crippen LogP contribution is 2.22. The second-order valence-corrected chi connectivity index (χ2v) is 5.95. The topological polar surface area (TPSA) is 35.5 Å². The van der Waals surface area contributed by atoms with Crippen LogP contribution in [0.3, 0.4) is 0 Å². The van der Waals surface area contributed by atoms with Gasteiger partial charge in [0, 0.05) is 12.6 Å². The molecule has 3 heteroatoms. The molecule has 0 spiro atoms. The summed E-state index contributed by atoms with van der Waals surface area (Å²) in [4.78, 5) is 2.54. The van der Waals surface area contributed by atoms with E-state index >= 15 is 0 Å². The molecule has 1 aliphatic rings. The van der Waals surface area contributed by atoms with Crippen molar-refractivity contribution in [1.82, 2.24) is 10.2 Å². The molecule has 0 radical (unpaired) electrons. The molecule has 3 nitrogen and oxygen atoms in total. The van der Waals surface area contributed by atoms with Crippen molar-refractivity contribution in [2.24, 2.45) is 5.92 Å². The van der Waals surface area contributed by atoms with Crippen LogP contribution >= 0.6 is 0 Å². The lowest BCUT2D eigenvalue weighted by Crippen LogP contribution is -2.36. The van der Waals surface area contributed by atoms with Gasteiger partial charge in [-0.3, -0.25) is 0 Å². The highest BCUT2D eigenvalue weighted by atomic mass is 16.3. The molecule has 1 atom stereocenters. The number of piperidine rings is 1. The van der Waals surface area contributed by atoms with E-state index in [1.54, 1.807) is 0 Å². The van der Waals surface area contributed by atoms with Gasteiger partial charge >= 0.3 is 0 Å². The van der Waals surface area contributed by atoms with Gasteiger partial charge in [0.25, 0.3) is 0 Å². The second kappa shape index (κ2) is 7.77. The first-order chi connectivity index (χ1) is 9.74. The summed E-state index contributed by atoms with van der Waals surface area (Å²) in [5.74, 6) is 0.530. The van der Waals surface area contributed by atoms with Crippen LogP contribution in [0.25, 0.3) is 0 Å². The Morgan fingerprint density at radius 3 is 2.60 bits per heavy atom. The van der Waals surface area contributed by atoms with E-state index in [0.717, 1.165) is 38.9 Å². The third-order valence-electron chi connectivity index (χ3n) is 4.61. The smallest absolute Gasteiger partial charge is 0.0460 e. The van der Waals surface area contributed by atoms with Crippen molar-refractivity contribution in [3.05, 3.63) is 35.4 Å². The number of likely N-dealkylation sites (tertiary alicyclic amines) is 1. The van der Waals surface area contributed by atoms with Crippen LogP contribution in [-0.4, -0.2) is 43.3 Å². The summed E-state index contributed by atoms with van der Waals surface area (Å²) in [6.45, 7) is 5.95. The number of benzene rings is 1. The lowest BCUT2D eigenvalue weighted by Gasteiger charge is -2.32. The lowest BCUT2D eigenvalue weighted by atomic mass is 9.96. The van der Waals surface area contributed by atoms with Crippen molar-refractivity contribution >= 4 is 0 Å². The summed E-state index contributed by atoms with van der Waals surface area (Å²) in [6, 6.07) is 9.08. The standard InChI is InChI=1S/C17H28N2O/c1-14-5-3-4-6-16(14)17(18-2)9-12-19-10-7-15(13-20)8-11-19/h3-6,15,17-18,20H,7-13H2,1-2H3. The van der Waals surface area contributed by atoms with E-state index in [1.165, 1.54) is 11.1 Å². The minimum Gasteiger partial charge on any atom is -0.396 e. The molecule has 1 heterocycles. The van der Waals surface area contributed by atoms with Crippen molar-refractivity contribution in [1.29, 1.82) is 0 Å². The van der Waals surface area contributed by atoms with E-state index in [0.29, 0.717) is 18.6 Å². The van der Waals surface area contributed by atoms with Crippen LogP contribution < -0.4 is 5.32 Å². The largest absolute Gasteiger partial charge is 0.396 e. The summed E-state index contributed by atoms with van der Waals surface area (Å²) in [5, 5.41) is 12.6. The SMILES string of the molecule is CNC(CCN1CCC(CO)CC1)c1ccccc1C. The Balaban J connectivity index is 1.84. The molecule has 112 valence electrons. The Morgan fingerprint density at radius 2 is 2.00 bits per heavy atom. The van der Waals surface area contributed by atoms with Crippen LogP contribution in [0.5, 0.6) is 0 Å². The van der Waals surface area contributed by atoms with Gasteiger partial charge in [0.05, 0.1) is 0 Å². The first-order valence-corrected chi connectivity index (χ1v) is 7.80. The number of hydrogen-bond donors (Lipinski definition) is 2. The molecule has 1 aromatic carbocycles. The summed E-state index contributed by atoms with van der Waals surface area (Å²) in [7, 11) is 2.05. The molecule has 0 aliphatic carbocycles. The monoisotopic (exact) mass is 276 g/mol. The third-order valence-corrected chi connectivity index (χ3v) is 4.61. The quantitative estimate of drug-likeness (QED) is 0.837. The van der Waals surface area contributed by atoms with E-state index in [2.05, 4.69) is 48.5 Å². The molecule has 0 bridgehead atoms. The zero-order valence-electron chi connectivity index (χ0n) is 12.8. The Bertz CT molecular complexity index is 400. The van der Waals surface area contributed by atoms with Crippen LogP contribution in [0, 0.1) is 12.8 Å². The number of hydrogen-bond acceptors (Lipinski definition) is 3. The van der Waals surface area contributed by atoms with E-state index < -0.39 is 0 Å². The van der Waals surface area contributed by atoms with Crippen LogP contribution in [0.15, 0.2) is 24.3 Å². The Labute approximate surface area is 123 Å². The van der Waals surface area contributed by atoms with Crippen molar-refractivity contribution in [3.8, 4) is 0 Å². The van der Waals surface area contributed by atoms with Gasteiger partial charge < -0.3 is 15.3 Å². The summed E-state index contributed by atoms with van der Waals surface area (Å²) >= 11 is 0. The van der Waals surface area contributed by atoms with Crippen molar-refractivity contribution in [2.75, 3.05) is 33.3 Å². The zero-order valence-corrected chi connectivity index (χ0v) is 12.8. The zero-order chi connectivity index (χ0) is 14.4. The fourth-order valence-corrected chi connectivity index (χ4v) is 3.14. The normalized spacial score (nSPS) is 19.1. The highest BCUT2D eigenvalue weighted by Gasteiger charge is 2.19. The molecule has 0 amide bonds. The summed E-state index contributed by atoms with van der Waals surface area (Å²) in [5.41, 5.74) is 2.78. The summed E-state index contributed by atoms with van der Waals surface area (Å²) < 4.78 is 0. The summed E-state index contributed by atoms with van der Waals surface area (Å²) in [6.07, 6.45) is 3.43. The Morgan fingerprint density at radius 1 is 1.30 bits per heavy atom. The fourth-order valence-electron chi connectivity index (χ4n) is 3.14. The molecule has 1 saturated heterocycles. The van der Waals surface area contributed by atoms with Gasteiger partial charge in [0.1, 0.15) is 0 Å². The minimum atomic E-state index is 0.357. The molecular weight excluding hydrogens is 248 g/mol. The van der Waals surface area contributed by atoms with Gasteiger partial charge in [-0.25, -0.2) is 0 Å². The average molecular weight is 276 g/mol. The molecule has 2 rings (SSSR count). The van der Waals surface area contributed by atoms with Gasteiger partial charge in [-0.05, 0) is 69.9 Å². The predicted molar refractivity (Wildman–Crippen MR) is 83.8 cm³/mol. The van der Waals surface area contributed by atoms with Crippen molar-refractivity contribution in [2.45, 2.75) is 32.2 Å². The van der Waals surface area contributed by atoms with E-state index in [9.17, 15) is 5.11 Å². The van der Waals surface area contributed by atoms with Gasteiger partial charge in [-0.2, -0.15) is 0 Å². The number of aliphatic hydroxyl groups excluding tert-OH is 1. The Hall–Kier alpha value is -0.900. The first-order valence-electron chi connectivity index (χ1n) is 7.80. The lowest BCUT2D eigenvalue weighted by molar-refractivity contribution is 0.128. The van der Waals surface area contributed by atoms with Crippen molar-refractivity contribution in [3.63, 3.8) is 0 Å². The maximum Gasteiger partial charge on any atom is 0.0460 e. The molecule has 1 aromatic rings. The molecule has 20 heavy (non-hydrogen) atoms. The average Bonchev–Trinajstić information content (AvgIpc) is 2.50. The van der Waals surface area contributed by atoms with Gasteiger partial charge in [-0.15, -0.1) is 0 Å². The first kappa shape index (κ1) is 15.5. The van der Waals surface area contributed by atoms with Crippen LogP contribution in [0.4, 0.5) is 0 Å². The minimum absolute atomic E-state index is 0.357. The Kier molecular flexibility index (Phi) is 6.02. The van der Waals surface area contributed by atoms with E-state index in [1.807, 2.05) is 0 Å². The fraction of sp³-hybridized carbons (Fsp3) is 0.647. The van der Waals surface area contributed by atoms with Gasteiger partial charge in [0.2, 0.25) is 0 Å². The van der Waals surface area contributed by atoms with E-state index in [-0.39, 0.29) is 0 Å². The molecule has 1 fully saturated rings. The number of aliphatic hydroxyl groups is 1. The molecule has 0 saturated carbocycles. The number of nitrogens with one attached hydrogen (secondary N) is 1. The highest BCUT2D eigenvalue weighted by molar-refractivity contribution is 5.28. The molecule has 1 aliphatic heterocycles. The van der Waals surface area contributed by atoms with E-state index in [4.69, 9.17) is 0 Å². The molecule has 1 unspecified atom stereocenters. The third kappa shape index (κ3) is 4.05. The predicted octanol–water partition coefficient (Wildman–Crippen LogP) is 2.35. The maximum absolute atomic E-state index is 9.18. The van der Waals surface area contributed by atoms with Gasteiger partial charge in [-0.1, -0.05) is 24.3 Å². The number of rotatable bonds is 6. The van der Waals surface area contributed by atoms with Gasteiger partial charge in [0.15, 0.2) is 0 Å². The van der Waals surface area contributed by atoms with Crippen LogP contribution in [0.1, 0.15) is 36.4 Å². The second-order valence-electron chi connectivity index (χ2n) is 5.95. The molecule has 0 aromatic heterocycles. The van der Waals surface area contributed by atoms with Crippen LogP contribution in [-0.2, 0) is 0 Å². The maximum atomic E-state index is 9.18.